The first-order valence-electron chi connectivity index (χ1n) is 6.61. The van der Waals surface area contributed by atoms with Crippen molar-refractivity contribution in [2.75, 3.05) is 0 Å². The summed E-state index contributed by atoms with van der Waals surface area (Å²) in [5.41, 5.74) is 1.55. The van der Waals surface area contributed by atoms with E-state index in [0.717, 1.165) is 11.8 Å². The van der Waals surface area contributed by atoms with Crippen molar-refractivity contribution >= 4 is 17.7 Å². The van der Waals surface area contributed by atoms with E-state index in [-0.39, 0.29) is 11.4 Å². The molecule has 0 spiro atoms. The molecule has 0 aliphatic heterocycles. The first kappa shape index (κ1) is 15.4. The molecule has 6 heteroatoms. The van der Waals surface area contributed by atoms with Crippen LogP contribution in [-0.4, -0.2) is 21.3 Å². The van der Waals surface area contributed by atoms with Crippen LogP contribution in [-0.2, 0) is 12.8 Å². The molecule has 0 unspecified atom stereocenters. The van der Waals surface area contributed by atoms with Crippen molar-refractivity contribution in [2.45, 2.75) is 36.6 Å². The number of benzene rings is 1. The number of nitrogens with zero attached hydrogens (tertiary/aromatic N) is 2. The quantitative estimate of drug-likeness (QED) is 0.914. The van der Waals surface area contributed by atoms with Crippen LogP contribution < -0.4 is 0 Å². The third kappa shape index (κ3) is 3.39. The Kier molecular flexibility index (Phi) is 4.90. The van der Waals surface area contributed by atoms with E-state index < -0.39 is 5.97 Å². The Morgan fingerprint density at radius 3 is 2.62 bits per heavy atom. The van der Waals surface area contributed by atoms with Gasteiger partial charge in [-0.05, 0) is 36.6 Å². The van der Waals surface area contributed by atoms with Gasteiger partial charge < -0.3 is 5.11 Å². The van der Waals surface area contributed by atoms with Gasteiger partial charge in [-0.25, -0.2) is 9.18 Å². The Morgan fingerprint density at radius 2 is 2.05 bits per heavy atom. The summed E-state index contributed by atoms with van der Waals surface area (Å²) in [5.74, 6) is -1.40. The van der Waals surface area contributed by atoms with Crippen molar-refractivity contribution in [3.63, 3.8) is 0 Å². The largest absolute Gasteiger partial charge is 0.478 e. The summed E-state index contributed by atoms with van der Waals surface area (Å²) < 4.78 is 13.2. The van der Waals surface area contributed by atoms with Gasteiger partial charge in [-0.2, -0.15) is 5.10 Å². The molecule has 1 aromatic carbocycles. The number of carboxylic acids is 1. The lowest BCUT2D eigenvalue weighted by molar-refractivity contribution is 0.0690. The molecule has 0 saturated carbocycles. The Morgan fingerprint density at radius 1 is 1.29 bits per heavy atom. The van der Waals surface area contributed by atoms with E-state index in [1.54, 1.807) is 12.1 Å². The lowest BCUT2D eigenvalue weighted by atomic mass is 10.0. The molecule has 1 heterocycles. The molecule has 0 aliphatic rings. The van der Waals surface area contributed by atoms with E-state index in [9.17, 15) is 14.3 Å². The Labute approximate surface area is 126 Å². The van der Waals surface area contributed by atoms with E-state index in [2.05, 4.69) is 10.2 Å². The van der Waals surface area contributed by atoms with E-state index in [0.29, 0.717) is 34.0 Å². The van der Waals surface area contributed by atoms with Gasteiger partial charge in [0.25, 0.3) is 0 Å². The van der Waals surface area contributed by atoms with Crippen LogP contribution in [0.3, 0.4) is 0 Å². The van der Waals surface area contributed by atoms with Gasteiger partial charge >= 0.3 is 5.97 Å². The second kappa shape index (κ2) is 6.67. The lowest BCUT2D eigenvalue weighted by Gasteiger charge is -2.11. The number of halogens is 1. The minimum absolute atomic E-state index is 0.165. The minimum atomic E-state index is -1.03. The van der Waals surface area contributed by atoms with E-state index in [1.807, 2.05) is 13.8 Å². The van der Waals surface area contributed by atoms with E-state index in [1.165, 1.54) is 12.1 Å². The van der Waals surface area contributed by atoms with Crippen LogP contribution in [0.15, 0.2) is 34.2 Å². The summed E-state index contributed by atoms with van der Waals surface area (Å²) >= 11 is 1.11. The Hall–Kier alpha value is -1.95. The normalized spacial score (nSPS) is 10.6. The van der Waals surface area contributed by atoms with Crippen LogP contribution in [0.5, 0.6) is 0 Å². The van der Waals surface area contributed by atoms with Gasteiger partial charge in [0.1, 0.15) is 10.8 Å². The third-order valence-corrected chi connectivity index (χ3v) is 4.01. The van der Waals surface area contributed by atoms with Crippen molar-refractivity contribution in [1.29, 1.82) is 0 Å². The van der Waals surface area contributed by atoms with Crippen molar-refractivity contribution in [3.05, 3.63) is 46.9 Å². The van der Waals surface area contributed by atoms with Crippen LogP contribution in [0.1, 0.15) is 35.5 Å². The summed E-state index contributed by atoms with van der Waals surface area (Å²) in [5, 5.41) is 17.9. The molecule has 0 radical (unpaired) electrons. The Balaban J connectivity index is 2.50. The van der Waals surface area contributed by atoms with Crippen LogP contribution in [0, 0.1) is 5.82 Å². The second-order valence-electron chi connectivity index (χ2n) is 4.38. The van der Waals surface area contributed by atoms with Crippen LogP contribution in [0.4, 0.5) is 4.39 Å². The van der Waals surface area contributed by atoms with Gasteiger partial charge in [-0.3, -0.25) is 0 Å². The van der Waals surface area contributed by atoms with Crippen molar-refractivity contribution in [1.82, 2.24) is 10.2 Å². The number of aromatic carboxylic acids is 1. The zero-order valence-electron chi connectivity index (χ0n) is 11.8. The maximum Gasteiger partial charge on any atom is 0.338 e. The first-order chi connectivity index (χ1) is 10.1. The number of rotatable bonds is 5. The molecule has 0 fully saturated rings. The summed E-state index contributed by atoms with van der Waals surface area (Å²) in [4.78, 5) is 12.2. The average molecular weight is 306 g/mol. The summed E-state index contributed by atoms with van der Waals surface area (Å²) in [6.07, 6.45) is 1.19. The molecule has 0 atom stereocenters. The summed E-state index contributed by atoms with van der Waals surface area (Å²) in [6.45, 7) is 3.80. The van der Waals surface area contributed by atoms with Crippen LogP contribution in [0.2, 0.25) is 0 Å². The molecule has 0 amide bonds. The Bertz CT molecular complexity index is 677. The highest BCUT2D eigenvalue weighted by Crippen LogP contribution is 2.31. The monoisotopic (exact) mass is 306 g/mol. The highest BCUT2D eigenvalue weighted by atomic mass is 32.2. The molecular formula is C15H15FN2O2S. The number of carboxylic acid groups (broad SMARTS) is 1. The number of hydrogen-bond donors (Lipinski definition) is 1. The van der Waals surface area contributed by atoms with Gasteiger partial charge in [0.2, 0.25) is 0 Å². The SMILES string of the molecule is CCc1nnc(Sc2cccc(F)c2)c(C(=O)O)c1CC. The van der Waals surface area contributed by atoms with Gasteiger partial charge in [0, 0.05) is 4.90 Å². The summed E-state index contributed by atoms with van der Waals surface area (Å²) in [7, 11) is 0. The van der Waals surface area contributed by atoms with Gasteiger partial charge in [-0.1, -0.05) is 31.7 Å². The van der Waals surface area contributed by atoms with Gasteiger partial charge in [-0.15, -0.1) is 5.10 Å². The minimum Gasteiger partial charge on any atom is -0.478 e. The van der Waals surface area contributed by atoms with Crippen LogP contribution in [0.25, 0.3) is 0 Å². The number of hydrogen-bond acceptors (Lipinski definition) is 4. The van der Waals surface area contributed by atoms with E-state index >= 15 is 0 Å². The van der Waals surface area contributed by atoms with Crippen LogP contribution >= 0.6 is 11.8 Å². The molecule has 0 bridgehead atoms. The van der Waals surface area contributed by atoms with Gasteiger partial charge in [0.05, 0.1) is 11.3 Å². The molecule has 1 aromatic heterocycles. The van der Waals surface area contributed by atoms with Crippen molar-refractivity contribution < 1.29 is 14.3 Å². The fraction of sp³-hybridized carbons (Fsp3) is 0.267. The fourth-order valence-corrected chi connectivity index (χ4v) is 3.02. The third-order valence-electron chi connectivity index (χ3n) is 3.04. The van der Waals surface area contributed by atoms with Gasteiger partial charge in [0.15, 0.2) is 0 Å². The number of carbonyl (C=O) groups is 1. The molecule has 0 saturated heterocycles. The van der Waals surface area contributed by atoms with Crippen molar-refractivity contribution in [2.24, 2.45) is 0 Å². The van der Waals surface area contributed by atoms with Crippen molar-refractivity contribution in [3.8, 4) is 0 Å². The predicted octanol–water partition coefficient (Wildman–Crippen LogP) is 3.59. The molecular weight excluding hydrogens is 291 g/mol. The molecule has 2 aromatic rings. The average Bonchev–Trinajstić information content (AvgIpc) is 2.46. The topological polar surface area (TPSA) is 63.1 Å². The fourth-order valence-electron chi connectivity index (χ4n) is 2.09. The summed E-state index contributed by atoms with van der Waals surface area (Å²) in [6, 6.07) is 5.97. The standard InChI is InChI=1S/C15H15FN2O2S/c1-3-11-12(4-2)17-18-14(13(11)15(19)20)21-10-7-5-6-9(16)8-10/h5-8H,3-4H2,1-2H3,(H,19,20). The smallest absolute Gasteiger partial charge is 0.338 e. The number of aryl methyl sites for hydroxylation is 1. The number of aromatic nitrogens is 2. The predicted molar refractivity (Wildman–Crippen MR) is 78.3 cm³/mol. The maximum absolute atomic E-state index is 13.2. The lowest BCUT2D eigenvalue weighted by Crippen LogP contribution is -2.11. The molecule has 4 nitrogen and oxygen atoms in total. The van der Waals surface area contributed by atoms with E-state index in [4.69, 9.17) is 0 Å². The highest BCUT2D eigenvalue weighted by molar-refractivity contribution is 7.99. The highest BCUT2D eigenvalue weighted by Gasteiger charge is 2.21. The molecule has 1 N–H and O–H groups in total. The molecule has 0 aliphatic carbocycles. The maximum atomic E-state index is 13.2. The molecule has 110 valence electrons. The zero-order valence-corrected chi connectivity index (χ0v) is 12.6. The second-order valence-corrected chi connectivity index (χ2v) is 5.44. The zero-order chi connectivity index (χ0) is 15.4. The first-order valence-corrected chi connectivity index (χ1v) is 7.43. The molecule has 21 heavy (non-hydrogen) atoms. The molecule has 2 rings (SSSR count).